The zero-order valence-corrected chi connectivity index (χ0v) is 9.72. The highest BCUT2D eigenvalue weighted by Crippen LogP contribution is 2.22. The summed E-state index contributed by atoms with van der Waals surface area (Å²) in [6, 6.07) is 0.490. The van der Waals surface area contributed by atoms with Gasteiger partial charge in [-0.2, -0.15) is 0 Å². The van der Waals surface area contributed by atoms with Crippen LogP contribution >= 0.6 is 11.6 Å². The highest BCUT2D eigenvalue weighted by molar-refractivity contribution is 6.18. The summed E-state index contributed by atoms with van der Waals surface area (Å²) in [4.78, 5) is 13.7. The summed E-state index contributed by atoms with van der Waals surface area (Å²) in [5, 5.41) is 0. The summed E-state index contributed by atoms with van der Waals surface area (Å²) in [6.07, 6.45) is 6.73. The predicted molar refractivity (Wildman–Crippen MR) is 59.6 cm³/mol. The number of hydrogen-bond acceptors (Lipinski definition) is 1. The molecule has 3 heteroatoms. The Balaban J connectivity index is 2.46. The highest BCUT2D eigenvalue weighted by atomic mass is 35.5. The maximum atomic E-state index is 11.7. The lowest BCUT2D eigenvalue weighted by atomic mass is 9.94. The number of hydrogen-bond donors (Lipinski definition) is 0. The molecule has 82 valence electrons. The number of amides is 1. The van der Waals surface area contributed by atoms with Crippen molar-refractivity contribution in [2.75, 3.05) is 12.4 Å². The second-order valence-electron chi connectivity index (χ2n) is 3.91. The summed E-state index contributed by atoms with van der Waals surface area (Å²) < 4.78 is 0. The zero-order valence-electron chi connectivity index (χ0n) is 8.97. The first kappa shape index (κ1) is 11.8. The molecule has 1 fully saturated rings. The standard InChI is InChI=1S/C11H20ClNO/c1-2-13(11(14)8-9-12)10-6-4-3-5-7-10/h10H,2-9H2,1H3. The van der Waals surface area contributed by atoms with Gasteiger partial charge in [-0.3, -0.25) is 4.79 Å². The second kappa shape index (κ2) is 6.28. The van der Waals surface area contributed by atoms with Gasteiger partial charge in [-0.15, -0.1) is 11.6 Å². The van der Waals surface area contributed by atoms with Gasteiger partial charge in [0.2, 0.25) is 5.91 Å². The van der Waals surface area contributed by atoms with Crippen LogP contribution in [0.2, 0.25) is 0 Å². The van der Waals surface area contributed by atoms with E-state index >= 15 is 0 Å². The van der Waals surface area contributed by atoms with Gasteiger partial charge in [-0.05, 0) is 19.8 Å². The largest absolute Gasteiger partial charge is 0.340 e. The van der Waals surface area contributed by atoms with Gasteiger partial charge in [0, 0.05) is 24.9 Å². The van der Waals surface area contributed by atoms with Crippen molar-refractivity contribution in [3.63, 3.8) is 0 Å². The van der Waals surface area contributed by atoms with Crippen molar-refractivity contribution < 1.29 is 4.79 Å². The van der Waals surface area contributed by atoms with Crippen molar-refractivity contribution in [2.24, 2.45) is 0 Å². The van der Waals surface area contributed by atoms with Crippen LogP contribution < -0.4 is 0 Å². The minimum atomic E-state index is 0.231. The van der Waals surface area contributed by atoms with Gasteiger partial charge in [-0.1, -0.05) is 19.3 Å². The van der Waals surface area contributed by atoms with E-state index in [1.807, 2.05) is 4.90 Å². The third-order valence-corrected chi connectivity index (χ3v) is 3.17. The van der Waals surface area contributed by atoms with Gasteiger partial charge in [-0.25, -0.2) is 0 Å². The lowest BCUT2D eigenvalue weighted by Crippen LogP contribution is -2.41. The molecular weight excluding hydrogens is 198 g/mol. The Morgan fingerprint density at radius 1 is 1.36 bits per heavy atom. The third-order valence-electron chi connectivity index (χ3n) is 2.98. The molecule has 2 nitrogen and oxygen atoms in total. The maximum absolute atomic E-state index is 11.7. The van der Waals surface area contributed by atoms with Crippen LogP contribution in [0.25, 0.3) is 0 Å². The predicted octanol–water partition coefficient (Wildman–Crippen LogP) is 2.80. The van der Waals surface area contributed by atoms with Crippen LogP contribution in [-0.2, 0) is 4.79 Å². The first-order valence-corrected chi connectivity index (χ1v) is 6.18. The molecular formula is C11H20ClNO. The Hall–Kier alpha value is -0.240. The van der Waals surface area contributed by atoms with Crippen LogP contribution in [0.4, 0.5) is 0 Å². The van der Waals surface area contributed by atoms with E-state index in [0.717, 1.165) is 6.54 Å². The lowest BCUT2D eigenvalue weighted by Gasteiger charge is -2.33. The molecule has 1 amide bonds. The van der Waals surface area contributed by atoms with E-state index in [4.69, 9.17) is 11.6 Å². The molecule has 0 bridgehead atoms. The van der Waals surface area contributed by atoms with E-state index in [9.17, 15) is 4.79 Å². The zero-order chi connectivity index (χ0) is 10.4. The van der Waals surface area contributed by atoms with Crippen LogP contribution in [0.3, 0.4) is 0 Å². The molecule has 0 unspecified atom stereocenters. The van der Waals surface area contributed by atoms with Crippen molar-refractivity contribution in [1.29, 1.82) is 0 Å². The Labute approximate surface area is 91.6 Å². The molecule has 0 saturated heterocycles. The van der Waals surface area contributed by atoms with E-state index in [1.54, 1.807) is 0 Å². The van der Waals surface area contributed by atoms with Crippen molar-refractivity contribution in [1.82, 2.24) is 4.90 Å². The minimum absolute atomic E-state index is 0.231. The first-order chi connectivity index (χ1) is 6.79. The maximum Gasteiger partial charge on any atom is 0.224 e. The van der Waals surface area contributed by atoms with E-state index in [1.165, 1.54) is 32.1 Å². The number of rotatable bonds is 4. The van der Waals surface area contributed by atoms with Gasteiger partial charge in [0.1, 0.15) is 0 Å². The quantitative estimate of drug-likeness (QED) is 0.664. The summed E-state index contributed by atoms with van der Waals surface area (Å²) >= 11 is 5.59. The van der Waals surface area contributed by atoms with Crippen LogP contribution in [0, 0.1) is 0 Å². The van der Waals surface area contributed by atoms with Crippen molar-refractivity contribution in [2.45, 2.75) is 51.5 Å². The number of nitrogens with zero attached hydrogens (tertiary/aromatic N) is 1. The topological polar surface area (TPSA) is 20.3 Å². The molecule has 0 aliphatic heterocycles. The van der Waals surface area contributed by atoms with Crippen LogP contribution in [0.5, 0.6) is 0 Å². The number of carbonyl (C=O) groups is 1. The van der Waals surface area contributed by atoms with Crippen molar-refractivity contribution in [3.05, 3.63) is 0 Å². The molecule has 14 heavy (non-hydrogen) atoms. The molecule has 0 aromatic rings. The molecule has 1 rings (SSSR count). The fraction of sp³-hybridized carbons (Fsp3) is 0.909. The smallest absolute Gasteiger partial charge is 0.224 e. The SMILES string of the molecule is CCN(C(=O)CCCl)C1CCCCC1. The molecule has 0 spiro atoms. The Bertz CT molecular complexity index is 178. The van der Waals surface area contributed by atoms with Crippen molar-refractivity contribution in [3.8, 4) is 0 Å². The summed E-state index contributed by atoms with van der Waals surface area (Å²) in [7, 11) is 0. The average molecular weight is 218 g/mol. The van der Waals surface area contributed by atoms with E-state index in [0.29, 0.717) is 18.3 Å². The summed E-state index contributed by atoms with van der Waals surface area (Å²) in [5.41, 5.74) is 0. The van der Waals surface area contributed by atoms with Gasteiger partial charge in [0.05, 0.1) is 0 Å². The minimum Gasteiger partial charge on any atom is -0.340 e. The van der Waals surface area contributed by atoms with Crippen LogP contribution in [0.1, 0.15) is 45.4 Å². The van der Waals surface area contributed by atoms with Crippen molar-refractivity contribution >= 4 is 17.5 Å². The molecule has 1 aliphatic rings. The molecule has 0 N–H and O–H groups in total. The molecule has 0 radical (unpaired) electrons. The van der Waals surface area contributed by atoms with Gasteiger partial charge in [0.15, 0.2) is 0 Å². The molecule has 1 aliphatic carbocycles. The van der Waals surface area contributed by atoms with Gasteiger partial charge >= 0.3 is 0 Å². The van der Waals surface area contributed by atoms with E-state index in [-0.39, 0.29) is 5.91 Å². The summed E-state index contributed by atoms with van der Waals surface area (Å²) in [5.74, 6) is 0.677. The lowest BCUT2D eigenvalue weighted by molar-refractivity contribution is -0.133. The fourth-order valence-electron chi connectivity index (χ4n) is 2.26. The monoisotopic (exact) mass is 217 g/mol. The summed E-state index contributed by atoms with van der Waals surface area (Å²) in [6.45, 7) is 2.89. The van der Waals surface area contributed by atoms with Gasteiger partial charge in [0.25, 0.3) is 0 Å². The Kier molecular flexibility index (Phi) is 5.31. The second-order valence-corrected chi connectivity index (χ2v) is 4.29. The number of halogens is 1. The molecule has 0 aromatic heterocycles. The van der Waals surface area contributed by atoms with Gasteiger partial charge < -0.3 is 4.90 Å². The van der Waals surface area contributed by atoms with Crippen LogP contribution in [-0.4, -0.2) is 29.3 Å². The third kappa shape index (κ3) is 3.16. The Morgan fingerprint density at radius 2 is 2.00 bits per heavy atom. The van der Waals surface area contributed by atoms with Crippen LogP contribution in [0.15, 0.2) is 0 Å². The number of carbonyl (C=O) groups excluding carboxylic acids is 1. The normalized spacial score (nSPS) is 18.1. The van der Waals surface area contributed by atoms with E-state index in [2.05, 4.69) is 6.92 Å². The van der Waals surface area contributed by atoms with E-state index < -0.39 is 0 Å². The first-order valence-electron chi connectivity index (χ1n) is 5.65. The fourth-order valence-corrected chi connectivity index (χ4v) is 2.42. The molecule has 0 heterocycles. The average Bonchev–Trinajstić information content (AvgIpc) is 2.21. The highest BCUT2D eigenvalue weighted by Gasteiger charge is 2.23. The number of alkyl halides is 1. The molecule has 0 atom stereocenters. The molecule has 1 saturated carbocycles. The molecule has 0 aromatic carbocycles. The Morgan fingerprint density at radius 3 is 2.50 bits per heavy atom.